The van der Waals surface area contributed by atoms with Crippen molar-refractivity contribution in [3.8, 4) is 0 Å². The molecule has 0 rings (SSSR count). The second-order valence-corrected chi connectivity index (χ2v) is 17.4. The third kappa shape index (κ3) is 46.8. The fourth-order valence-electron chi connectivity index (χ4n) is 7.48. The predicted octanol–water partition coefficient (Wildman–Crippen LogP) is 16.8. The molecular formula is C53H98O6. The first kappa shape index (κ1) is 56.9. The monoisotopic (exact) mass is 831 g/mol. The zero-order valence-corrected chi connectivity index (χ0v) is 39.5. The molecule has 6 nitrogen and oxygen atoms in total. The van der Waals surface area contributed by atoms with E-state index < -0.39 is 6.10 Å². The summed E-state index contributed by atoms with van der Waals surface area (Å²) in [6.45, 7) is 6.61. The molecule has 0 bridgehead atoms. The van der Waals surface area contributed by atoms with E-state index in [1.807, 2.05) is 0 Å². The molecule has 0 fully saturated rings. The quantitative estimate of drug-likeness (QED) is 0.0263. The van der Waals surface area contributed by atoms with E-state index in [-0.39, 0.29) is 31.1 Å². The van der Waals surface area contributed by atoms with Gasteiger partial charge in [0.25, 0.3) is 0 Å². The molecule has 0 heterocycles. The van der Waals surface area contributed by atoms with Crippen LogP contribution in [0.5, 0.6) is 0 Å². The summed E-state index contributed by atoms with van der Waals surface area (Å²) in [7, 11) is 0. The molecule has 0 aliphatic rings. The van der Waals surface area contributed by atoms with Crippen LogP contribution in [0.4, 0.5) is 0 Å². The van der Waals surface area contributed by atoms with Gasteiger partial charge in [-0.1, -0.05) is 218 Å². The van der Waals surface area contributed by atoms with Gasteiger partial charge < -0.3 is 14.2 Å². The largest absolute Gasteiger partial charge is 0.462 e. The van der Waals surface area contributed by atoms with Crippen LogP contribution in [0.1, 0.15) is 278 Å². The highest BCUT2D eigenvalue weighted by Gasteiger charge is 2.19. The van der Waals surface area contributed by atoms with Gasteiger partial charge in [0.2, 0.25) is 0 Å². The minimum absolute atomic E-state index is 0.0727. The van der Waals surface area contributed by atoms with E-state index >= 15 is 0 Å². The first-order valence-corrected chi connectivity index (χ1v) is 25.8. The number of esters is 3. The Balaban J connectivity index is 4.32. The molecular weight excluding hydrogens is 733 g/mol. The first-order valence-electron chi connectivity index (χ1n) is 25.8. The van der Waals surface area contributed by atoms with Crippen LogP contribution in [0.25, 0.3) is 0 Å². The maximum absolute atomic E-state index is 12.8. The molecule has 0 aromatic heterocycles. The number of ether oxygens (including phenoxy) is 3. The van der Waals surface area contributed by atoms with Gasteiger partial charge in [-0.2, -0.15) is 0 Å². The van der Waals surface area contributed by atoms with E-state index in [4.69, 9.17) is 14.2 Å². The number of allylic oxidation sites excluding steroid dienone is 4. The molecule has 1 unspecified atom stereocenters. The second kappa shape index (κ2) is 48.6. The Hall–Kier alpha value is -2.11. The Morgan fingerprint density at radius 3 is 0.898 bits per heavy atom. The smallest absolute Gasteiger partial charge is 0.306 e. The minimum atomic E-state index is -0.770. The summed E-state index contributed by atoms with van der Waals surface area (Å²) in [5, 5.41) is 0. The van der Waals surface area contributed by atoms with Crippen LogP contribution in [0.2, 0.25) is 0 Å². The highest BCUT2D eigenvalue weighted by molar-refractivity contribution is 5.71. The van der Waals surface area contributed by atoms with Crippen LogP contribution in [0, 0.1) is 0 Å². The number of carbonyl (C=O) groups excluding carboxylic acids is 3. The topological polar surface area (TPSA) is 78.9 Å². The van der Waals surface area contributed by atoms with Gasteiger partial charge in [0.15, 0.2) is 6.10 Å². The molecule has 0 saturated heterocycles. The van der Waals surface area contributed by atoms with E-state index in [1.165, 1.54) is 173 Å². The highest BCUT2D eigenvalue weighted by atomic mass is 16.6. The van der Waals surface area contributed by atoms with Crippen molar-refractivity contribution in [2.75, 3.05) is 13.2 Å². The molecule has 0 aromatic carbocycles. The average molecular weight is 831 g/mol. The standard InChI is InChI=1S/C53H98O6/c1-4-7-10-13-16-19-22-24-25-26-27-29-31-34-37-40-43-46-52(55)58-49-50(48-57-51(54)45-42-39-36-33-30-21-18-15-12-9-6-3)59-53(56)47-44-41-38-35-32-28-23-20-17-14-11-8-5-2/h15,18,24-25,50H,4-14,16-17,19-23,26-49H2,1-3H3/b18-15-,25-24-. The van der Waals surface area contributed by atoms with Crippen LogP contribution in [-0.2, 0) is 28.6 Å². The van der Waals surface area contributed by atoms with Crippen molar-refractivity contribution in [3.63, 3.8) is 0 Å². The maximum atomic E-state index is 12.8. The molecule has 346 valence electrons. The van der Waals surface area contributed by atoms with E-state index in [2.05, 4.69) is 45.1 Å². The summed E-state index contributed by atoms with van der Waals surface area (Å²) in [4.78, 5) is 37.9. The van der Waals surface area contributed by atoms with Crippen LogP contribution in [-0.4, -0.2) is 37.2 Å². The number of hydrogen-bond acceptors (Lipinski definition) is 6. The van der Waals surface area contributed by atoms with E-state index in [0.29, 0.717) is 19.3 Å². The predicted molar refractivity (Wildman–Crippen MR) is 252 cm³/mol. The Kier molecular flexibility index (Phi) is 46.8. The summed E-state index contributed by atoms with van der Waals surface area (Å²) in [6, 6.07) is 0. The van der Waals surface area contributed by atoms with Crippen LogP contribution < -0.4 is 0 Å². The fourth-order valence-corrected chi connectivity index (χ4v) is 7.48. The highest BCUT2D eigenvalue weighted by Crippen LogP contribution is 2.15. The van der Waals surface area contributed by atoms with Crippen molar-refractivity contribution in [1.82, 2.24) is 0 Å². The number of unbranched alkanes of at least 4 members (excludes halogenated alkanes) is 32. The van der Waals surface area contributed by atoms with E-state index in [0.717, 1.165) is 64.2 Å². The van der Waals surface area contributed by atoms with Crippen molar-refractivity contribution in [1.29, 1.82) is 0 Å². The molecule has 0 saturated carbocycles. The lowest BCUT2D eigenvalue weighted by Crippen LogP contribution is -2.30. The molecule has 0 aromatic rings. The van der Waals surface area contributed by atoms with Gasteiger partial charge in [-0.15, -0.1) is 0 Å². The fraction of sp³-hybridized carbons (Fsp3) is 0.868. The third-order valence-corrected chi connectivity index (χ3v) is 11.4. The molecule has 0 aliphatic heterocycles. The van der Waals surface area contributed by atoms with E-state index in [9.17, 15) is 14.4 Å². The van der Waals surface area contributed by atoms with Crippen molar-refractivity contribution < 1.29 is 28.6 Å². The molecule has 6 heteroatoms. The molecule has 0 radical (unpaired) electrons. The Labute approximate surface area is 366 Å². The summed E-state index contributed by atoms with van der Waals surface area (Å²) in [5.74, 6) is -0.875. The van der Waals surface area contributed by atoms with Crippen molar-refractivity contribution >= 4 is 17.9 Å². The Bertz CT molecular complexity index is 958. The maximum Gasteiger partial charge on any atom is 0.306 e. The molecule has 1 atom stereocenters. The van der Waals surface area contributed by atoms with Gasteiger partial charge >= 0.3 is 17.9 Å². The summed E-state index contributed by atoms with van der Waals surface area (Å²) < 4.78 is 16.8. The lowest BCUT2D eigenvalue weighted by atomic mass is 10.0. The Morgan fingerprint density at radius 1 is 0.322 bits per heavy atom. The molecule has 0 aliphatic carbocycles. The molecule has 0 spiro atoms. The van der Waals surface area contributed by atoms with Crippen LogP contribution in [0.15, 0.2) is 24.3 Å². The van der Waals surface area contributed by atoms with Crippen LogP contribution >= 0.6 is 0 Å². The van der Waals surface area contributed by atoms with Gasteiger partial charge in [0.1, 0.15) is 13.2 Å². The number of rotatable bonds is 47. The molecule has 59 heavy (non-hydrogen) atoms. The molecule has 0 N–H and O–H groups in total. The van der Waals surface area contributed by atoms with Gasteiger partial charge in [-0.05, 0) is 64.2 Å². The van der Waals surface area contributed by atoms with E-state index in [1.54, 1.807) is 0 Å². The minimum Gasteiger partial charge on any atom is -0.462 e. The summed E-state index contributed by atoms with van der Waals surface area (Å²) in [5.41, 5.74) is 0. The summed E-state index contributed by atoms with van der Waals surface area (Å²) in [6.07, 6.45) is 54.4. The second-order valence-electron chi connectivity index (χ2n) is 17.4. The SMILES string of the molecule is CCCC/C=C\CCCCCCCC(=O)OCC(COC(=O)CCCCCCCCC/C=C\CCCCCCCC)OC(=O)CCCCCCCCCCCCCCC. The molecule has 0 amide bonds. The van der Waals surface area contributed by atoms with Gasteiger partial charge in [-0.25, -0.2) is 0 Å². The lowest BCUT2D eigenvalue weighted by molar-refractivity contribution is -0.167. The lowest BCUT2D eigenvalue weighted by Gasteiger charge is -2.18. The Morgan fingerprint density at radius 2 is 0.576 bits per heavy atom. The van der Waals surface area contributed by atoms with Crippen molar-refractivity contribution in [2.24, 2.45) is 0 Å². The van der Waals surface area contributed by atoms with Crippen LogP contribution in [0.3, 0.4) is 0 Å². The summed E-state index contributed by atoms with van der Waals surface area (Å²) >= 11 is 0. The third-order valence-electron chi connectivity index (χ3n) is 11.4. The number of hydrogen-bond donors (Lipinski definition) is 0. The zero-order chi connectivity index (χ0) is 43.0. The van der Waals surface area contributed by atoms with Crippen molar-refractivity contribution in [2.45, 2.75) is 284 Å². The normalized spacial score (nSPS) is 12.1. The van der Waals surface area contributed by atoms with Crippen molar-refractivity contribution in [3.05, 3.63) is 24.3 Å². The first-order chi connectivity index (χ1) is 29.0. The average Bonchev–Trinajstić information content (AvgIpc) is 3.23. The zero-order valence-electron chi connectivity index (χ0n) is 39.5. The van der Waals surface area contributed by atoms with Gasteiger partial charge in [-0.3, -0.25) is 14.4 Å². The number of carbonyl (C=O) groups is 3. The van der Waals surface area contributed by atoms with Gasteiger partial charge in [0, 0.05) is 19.3 Å². The van der Waals surface area contributed by atoms with Gasteiger partial charge in [0.05, 0.1) is 0 Å².